The van der Waals surface area contributed by atoms with E-state index in [-0.39, 0.29) is 5.75 Å². The zero-order valence-electron chi connectivity index (χ0n) is 9.34. The highest BCUT2D eigenvalue weighted by molar-refractivity contribution is 7.90. The number of aromatic nitrogens is 1. The van der Waals surface area contributed by atoms with Gasteiger partial charge in [-0.15, -0.1) is 0 Å². The number of nitrogens with one attached hydrogen (secondary N) is 1. The minimum Gasteiger partial charge on any atom is -0.373 e. The summed E-state index contributed by atoms with van der Waals surface area (Å²) in [6, 6.07) is 3.55. The molecule has 0 fully saturated rings. The van der Waals surface area contributed by atoms with Gasteiger partial charge in [-0.3, -0.25) is 0 Å². The van der Waals surface area contributed by atoms with Crippen molar-refractivity contribution in [1.29, 1.82) is 0 Å². The fourth-order valence-electron chi connectivity index (χ4n) is 1.17. The number of nitrogen functional groups attached to an aromatic ring is 1. The average molecular weight is 244 g/mol. The molecule has 0 aromatic carbocycles. The number of hydrogen-bond acceptors (Lipinski definition) is 6. The Kier molecular flexibility index (Phi) is 4.08. The first-order valence-corrected chi connectivity index (χ1v) is 6.80. The molecule has 0 radical (unpaired) electrons. The van der Waals surface area contributed by atoms with Crippen LogP contribution >= 0.6 is 0 Å². The second-order valence-corrected chi connectivity index (χ2v) is 5.85. The lowest BCUT2D eigenvalue weighted by Gasteiger charge is -2.18. The predicted octanol–water partition coefficient (Wildman–Crippen LogP) is -0.152. The lowest BCUT2D eigenvalue weighted by Crippen LogP contribution is -2.25. The van der Waals surface area contributed by atoms with Gasteiger partial charge in [0.25, 0.3) is 0 Å². The highest BCUT2D eigenvalue weighted by Crippen LogP contribution is 2.14. The maximum atomic E-state index is 11.0. The van der Waals surface area contributed by atoms with E-state index < -0.39 is 9.84 Å². The Bertz CT molecular complexity index is 447. The summed E-state index contributed by atoms with van der Waals surface area (Å²) >= 11 is 0. The van der Waals surface area contributed by atoms with Crippen LogP contribution in [0.4, 0.5) is 11.5 Å². The fraction of sp³-hybridized carbons (Fsp3) is 0.444. The molecule has 0 saturated carbocycles. The van der Waals surface area contributed by atoms with Crippen LogP contribution in [0.2, 0.25) is 0 Å². The Morgan fingerprint density at radius 3 is 2.81 bits per heavy atom. The van der Waals surface area contributed by atoms with Crippen molar-refractivity contribution >= 4 is 21.3 Å². The molecule has 3 N–H and O–H groups in total. The van der Waals surface area contributed by atoms with Crippen LogP contribution in [0, 0.1) is 0 Å². The number of sulfone groups is 1. The lowest BCUT2D eigenvalue weighted by molar-refractivity contribution is 0.601. The van der Waals surface area contributed by atoms with Gasteiger partial charge < -0.3 is 10.3 Å². The average Bonchev–Trinajstić information content (AvgIpc) is 2.25. The SMILES string of the molecule is CN(CCS(C)(=O)=O)c1ccnc(NN)c1. The van der Waals surface area contributed by atoms with E-state index in [0.717, 1.165) is 5.69 Å². The third-order valence-corrected chi connectivity index (χ3v) is 3.05. The van der Waals surface area contributed by atoms with Gasteiger partial charge in [0, 0.05) is 37.8 Å². The fourth-order valence-corrected chi connectivity index (χ4v) is 1.77. The third kappa shape index (κ3) is 4.03. The van der Waals surface area contributed by atoms with Gasteiger partial charge in [0.05, 0.1) is 5.75 Å². The Balaban J connectivity index is 2.69. The number of rotatable bonds is 5. The maximum absolute atomic E-state index is 11.0. The first kappa shape index (κ1) is 12.7. The first-order valence-electron chi connectivity index (χ1n) is 4.74. The Hall–Kier alpha value is -1.34. The molecule has 0 bridgehead atoms. The lowest BCUT2D eigenvalue weighted by atomic mass is 10.3. The van der Waals surface area contributed by atoms with Crippen LogP contribution in [0.25, 0.3) is 0 Å². The minimum atomic E-state index is -2.94. The smallest absolute Gasteiger partial charge is 0.149 e. The van der Waals surface area contributed by atoms with Gasteiger partial charge in [-0.1, -0.05) is 0 Å². The van der Waals surface area contributed by atoms with Crippen molar-refractivity contribution in [2.75, 3.05) is 35.9 Å². The summed E-state index contributed by atoms with van der Waals surface area (Å²) in [5.74, 6) is 5.90. The van der Waals surface area contributed by atoms with Crippen molar-refractivity contribution in [2.45, 2.75) is 0 Å². The van der Waals surface area contributed by atoms with Crippen LogP contribution in [-0.2, 0) is 9.84 Å². The monoisotopic (exact) mass is 244 g/mol. The molecule has 16 heavy (non-hydrogen) atoms. The van der Waals surface area contributed by atoms with Gasteiger partial charge in [0.2, 0.25) is 0 Å². The summed E-state index contributed by atoms with van der Waals surface area (Å²) in [6.07, 6.45) is 2.84. The van der Waals surface area contributed by atoms with E-state index in [1.807, 2.05) is 11.9 Å². The molecule has 0 unspecified atom stereocenters. The van der Waals surface area contributed by atoms with Crippen molar-refractivity contribution in [3.05, 3.63) is 18.3 Å². The van der Waals surface area contributed by atoms with Crippen LogP contribution in [-0.4, -0.2) is 39.0 Å². The molecular formula is C9H16N4O2S. The molecule has 1 rings (SSSR count). The molecule has 0 saturated heterocycles. The van der Waals surface area contributed by atoms with Gasteiger partial charge in [-0.25, -0.2) is 19.2 Å². The second-order valence-electron chi connectivity index (χ2n) is 3.60. The second kappa shape index (κ2) is 5.13. The van der Waals surface area contributed by atoms with E-state index in [1.165, 1.54) is 6.26 Å². The third-order valence-electron chi connectivity index (χ3n) is 2.13. The summed E-state index contributed by atoms with van der Waals surface area (Å²) in [6.45, 7) is 0.437. The Labute approximate surface area is 95.4 Å². The van der Waals surface area contributed by atoms with E-state index >= 15 is 0 Å². The molecule has 1 aromatic rings. The molecule has 0 spiro atoms. The number of hydrazine groups is 1. The molecule has 0 amide bonds. The summed E-state index contributed by atoms with van der Waals surface area (Å²) in [5.41, 5.74) is 3.31. The quantitative estimate of drug-likeness (QED) is 0.553. The van der Waals surface area contributed by atoms with Crippen LogP contribution in [0.3, 0.4) is 0 Å². The summed E-state index contributed by atoms with van der Waals surface area (Å²) in [4.78, 5) is 5.81. The van der Waals surface area contributed by atoms with Gasteiger partial charge in [-0.05, 0) is 6.07 Å². The molecule has 0 aliphatic rings. The highest BCUT2D eigenvalue weighted by atomic mass is 32.2. The van der Waals surface area contributed by atoms with Crippen LogP contribution < -0.4 is 16.2 Å². The van der Waals surface area contributed by atoms with E-state index in [9.17, 15) is 8.42 Å². The van der Waals surface area contributed by atoms with Gasteiger partial charge in [0.15, 0.2) is 0 Å². The topological polar surface area (TPSA) is 88.3 Å². The number of pyridine rings is 1. The first-order chi connectivity index (χ1) is 7.42. The molecule has 0 aliphatic carbocycles. The normalized spacial score (nSPS) is 11.2. The van der Waals surface area contributed by atoms with E-state index in [2.05, 4.69) is 10.4 Å². The van der Waals surface area contributed by atoms with Crippen LogP contribution in [0.1, 0.15) is 0 Å². The van der Waals surface area contributed by atoms with E-state index in [0.29, 0.717) is 12.4 Å². The van der Waals surface area contributed by atoms with Crippen molar-refractivity contribution in [3.63, 3.8) is 0 Å². The van der Waals surface area contributed by atoms with Gasteiger partial charge >= 0.3 is 0 Å². The molecule has 1 aromatic heterocycles. The van der Waals surface area contributed by atoms with Crippen LogP contribution in [0.5, 0.6) is 0 Å². The molecule has 0 aliphatic heterocycles. The van der Waals surface area contributed by atoms with Gasteiger partial charge in [0.1, 0.15) is 15.7 Å². The van der Waals surface area contributed by atoms with Crippen molar-refractivity contribution in [2.24, 2.45) is 5.84 Å². The summed E-state index contributed by atoms with van der Waals surface area (Å²) < 4.78 is 22.0. The summed E-state index contributed by atoms with van der Waals surface area (Å²) in [7, 11) is -1.12. The molecule has 1 heterocycles. The van der Waals surface area contributed by atoms with E-state index in [1.54, 1.807) is 18.3 Å². The summed E-state index contributed by atoms with van der Waals surface area (Å²) in [5, 5.41) is 0. The van der Waals surface area contributed by atoms with Crippen LogP contribution in [0.15, 0.2) is 18.3 Å². The largest absolute Gasteiger partial charge is 0.373 e. The van der Waals surface area contributed by atoms with Crippen molar-refractivity contribution < 1.29 is 8.42 Å². The van der Waals surface area contributed by atoms with Gasteiger partial charge in [-0.2, -0.15) is 0 Å². The number of nitrogens with zero attached hydrogens (tertiary/aromatic N) is 2. The van der Waals surface area contributed by atoms with Crippen molar-refractivity contribution in [1.82, 2.24) is 4.98 Å². The molecular weight excluding hydrogens is 228 g/mol. The molecule has 90 valence electrons. The maximum Gasteiger partial charge on any atom is 0.149 e. The Morgan fingerprint density at radius 1 is 1.56 bits per heavy atom. The molecule has 6 nitrogen and oxygen atoms in total. The number of hydrogen-bond donors (Lipinski definition) is 2. The van der Waals surface area contributed by atoms with E-state index in [4.69, 9.17) is 5.84 Å². The standard InChI is InChI=1S/C9H16N4O2S/c1-13(5-6-16(2,14)15)8-3-4-11-9(7-8)12-10/h3-4,7H,5-6,10H2,1-2H3,(H,11,12). The predicted molar refractivity (Wildman–Crippen MR) is 65.0 cm³/mol. The van der Waals surface area contributed by atoms with Crippen molar-refractivity contribution in [3.8, 4) is 0 Å². The minimum absolute atomic E-state index is 0.122. The highest BCUT2D eigenvalue weighted by Gasteiger charge is 2.06. The zero-order chi connectivity index (χ0) is 12.2. The molecule has 0 atom stereocenters. The zero-order valence-corrected chi connectivity index (χ0v) is 10.2. The Morgan fingerprint density at radius 2 is 2.25 bits per heavy atom. The number of nitrogens with two attached hydrogens (primary N) is 1. The number of anilines is 2. The molecule has 7 heteroatoms.